The maximum atomic E-state index is 11.4. The average Bonchev–Trinajstić information content (AvgIpc) is 2.96. The highest BCUT2D eigenvalue weighted by molar-refractivity contribution is 5.96. The molecule has 0 aliphatic heterocycles. The zero-order chi connectivity index (χ0) is 15.5. The van der Waals surface area contributed by atoms with E-state index in [0.717, 1.165) is 0 Å². The molecule has 0 radical (unpaired) electrons. The molecule has 7 nitrogen and oxygen atoms in total. The lowest BCUT2D eigenvalue weighted by molar-refractivity contribution is -0.143. The van der Waals surface area contributed by atoms with Crippen LogP contribution in [0.3, 0.4) is 0 Å². The van der Waals surface area contributed by atoms with Crippen molar-refractivity contribution >= 4 is 17.9 Å². The molecule has 1 aromatic rings. The quantitative estimate of drug-likeness (QED) is 0.467. The Bertz CT molecular complexity index is 532. The molecular formula is C14H16N2O5. The molecule has 1 aromatic heterocycles. The molecule has 0 atom stereocenters. The van der Waals surface area contributed by atoms with Crippen molar-refractivity contribution < 1.29 is 23.5 Å². The number of hydrogen-bond donors (Lipinski definition) is 2. The first-order chi connectivity index (χ1) is 10.1. The number of rotatable bonds is 6. The number of carbonyl (C=O) groups excluding carboxylic acids is 3. The molecule has 1 rings (SSSR count). The highest BCUT2D eigenvalue weighted by Crippen LogP contribution is 1.97. The molecule has 112 valence electrons. The fourth-order valence-corrected chi connectivity index (χ4v) is 1.22. The molecule has 0 saturated carbocycles. The monoisotopic (exact) mass is 292 g/mol. The minimum atomic E-state index is -0.722. The number of imide groups is 1. The molecule has 1 heterocycles. The van der Waals surface area contributed by atoms with Crippen LogP contribution in [0, 0.1) is 0 Å². The second kappa shape index (κ2) is 9.13. The Morgan fingerprint density at radius 1 is 1.33 bits per heavy atom. The van der Waals surface area contributed by atoms with E-state index in [1.54, 1.807) is 31.2 Å². The smallest absolute Gasteiger partial charge is 0.331 e. The van der Waals surface area contributed by atoms with E-state index in [4.69, 9.17) is 4.42 Å². The van der Waals surface area contributed by atoms with Crippen LogP contribution in [0.4, 0.5) is 4.79 Å². The number of amides is 3. The van der Waals surface area contributed by atoms with Crippen molar-refractivity contribution in [2.75, 3.05) is 6.61 Å². The van der Waals surface area contributed by atoms with Crippen LogP contribution in [0.25, 0.3) is 0 Å². The second-order valence-electron chi connectivity index (χ2n) is 3.80. The average molecular weight is 292 g/mol. The molecule has 2 N–H and O–H groups in total. The number of urea groups is 1. The van der Waals surface area contributed by atoms with Crippen LogP contribution in [0.5, 0.6) is 0 Å². The number of furan rings is 1. The zero-order valence-corrected chi connectivity index (χ0v) is 11.5. The Morgan fingerprint density at radius 3 is 2.81 bits per heavy atom. The first-order valence-corrected chi connectivity index (χ1v) is 6.18. The summed E-state index contributed by atoms with van der Waals surface area (Å²) in [6.07, 6.45) is 7.50. The predicted molar refractivity (Wildman–Crippen MR) is 74.0 cm³/mol. The number of nitrogens with one attached hydrogen (secondary N) is 2. The topological polar surface area (TPSA) is 97.6 Å². The summed E-state index contributed by atoms with van der Waals surface area (Å²) in [4.78, 5) is 33.8. The number of ether oxygens (including phenoxy) is 1. The normalized spacial score (nSPS) is 10.7. The van der Waals surface area contributed by atoms with Gasteiger partial charge in [0.1, 0.15) is 5.76 Å². The van der Waals surface area contributed by atoms with Gasteiger partial charge in [0.05, 0.1) is 12.8 Å². The number of allylic oxidation sites excluding steroid dienone is 3. The van der Waals surface area contributed by atoms with E-state index < -0.39 is 24.5 Å². The SMILES string of the molecule is CC=CC=CC(=O)OCC(=O)NC(=O)NCc1ccco1. The third-order valence-electron chi connectivity index (χ3n) is 2.14. The zero-order valence-electron chi connectivity index (χ0n) is 11.5. The first-order valence-electron chi connectivity index (χ1n) is 6.18. The molecule has 3 amide bonds. The van der Waals surface area contributed by atoms with Gasteiger partial charge in [-0.25, -0.2) is 9.59 Å². The van der Waals surface area contributed by atoms with Crippen molar-refractivity contribution in [3.05, 3.63) is 48.5 Å². The maximum absolute atomic E-state index is 11.4. The van der Waals surface area contributed by atoms with E-state index in [9.17, 15) is 14.4 Å². The Balaban J connectivity index is 2.20. The minimum absolute atomic E-state index is 0.151. The molecule has 0 fully saturated rings. The molecule has 21 heavy (non-hydrogen) atoms. The van der Waals surface area contributed by atoms with Gasteiger partial charge in [-0.15, -0.1) is 0 Å². The first kappa shape index (κ1) is 16.2. The molecule has 0 spiro atoms. The second-order valence-corrected chi connectivity index (χ2v) is 3.80. The standard InChI is InChI=1S/C14H16N2O5/c1-2-3-4-7-13(18)21-10-12(17)16-14(19)15-9-11-6-5-8-20-11/h2-8H,9-10H2,1H3,(H2,15,16,17,19). The third kappa shape index (κ3) is 7.36. The van der Waals surface area contributed by atoms with Crippen LogP contribution in [0.1, 0.15) is 12.7 Å². The summed E-state index contributed by atoms with van der Waals surface area (Å²) < 4.78 is 9.64. The molecule has 0 unspecified atom stereocenters. The van der Waals surface area contributed by atoms with Crippen LogP contribution >= 0.6 is 0 Å². The fraction of sp³-hybridized carbons (Fsp3) is 0.214. The largest absolute Gasteiger partial charge is 0.467 e. The third-order valence-corrected chi connectivity index (χ3v) is 2.14. The van der Waals surface area contributed by atoms with Crippen LogP contribution < -0.4 is 10.6 Å². The highest BCUT2D eigenvalue weighted by atomic mass is 16.5. The summed E-state index contributed by atoms with van der Waals surface area (Å²) in [5, 5.41) is 4.44. The van der Waals surface area contributed by atoms with Crippen molar-refractivity contribution in [3.63, 3.8) is 0 Å². The van der Waals surface area contributed by atoms with Crippen molar-refractivity contribution in [1.82, 2.24) is 10.6 Å². The van der Waals surface area contributed by atoms with Crippen molar-refractivity contribution in [1.29, 1.82) is 0 Å². The van der Waals surface area contributed by atoms with E-state index in [2.05, 4.69) is 10.1 Å². The van der Waals surface area contributed by atoms with Crippen molar-refractivity contribution in [2.24, 2.45) is 0 Å². The molecular weight excluding hydrogens is 276 g/mol. The van der Waals surface area contributed by atoms with Gasteiger partial charge in [0.25, 0.3) is 5.91 Å². The summed E-state index contributed by atoms with van der Waals surface area (Å²) >= 11 is 0. The minimum Gasteiger partial charge on any atom is -0.467 e. The van der Waals surface area contributed by atoms with Crippen molar-refractivity contribution in [3.8, 4) is 0 Å². The van der Waals surface area contributed by atoms with Gasteiger partial charge in [-0.3, -0.25) is 10.1 Å². The molecule has 0 aliphatic rings. The van der Waals surface area contributed by atoms with E-state index in [1.165, 1.54) is 18.4 Å². The molecule has 0 aliphatic carbocycles. The lowest BCUT2D eigenvalue weighted by Crippen LogP contribution is -2.41. The Morgan fingerprint density at radius 2 is 2.14 bits per heavy atom. The number of carbonyl (C=O) groups is 3. The summed E-state index contributed by atoms with van der Waals surface area (Å²) in [6, 6.07) is 2.67. The summed E-state index contributed by atoms with van der Waals surface area (Å²) in [6.45, 7) is 1.41. The predicted octanol–water partition coefficient (Wildman–Crippen LogP) is 1.28. The van der Waals surface area contributed by atoms with E-state index in [0.29, 0.717) is 5.76 Å². The summed E-state index contributed by atoms with van der Waals surface area (Å²) in [5.41, 5.74) is 0. The number of esters is 1. The molecule has 7 heteroatoms. The summed E-state index contributed by atoms with van der Waals surface area (Å²) in [7, 11) is 0. The Labute approximate surface area is 121 Å². The Kier molecular flexibility index (Phi) is 7.06. The van der Waals surface area contributed by atoms with Crippen LogP contribution in [-0.4, -0.2) is 24.5 Å². The van der Waals surface area contributed by atoms with Crippen LogP contribution in [0.15, 0.2) is 47.1 Å². The van der Waals surface area contributed by atoms with Gasteiger partial charge in [0.2, 0.25) is 0 Å². The van der Waals surface area contributed by atoms with Gasteiger partial charge in [-0.05, 0) is 19.1 Å². The summed E-state index contributed by atoms with van der Waals surface area (Å²) in [5.74, 6) is -0.836. The van der Waals surface area contributed by atoms with E-state index in [1.807, 2.05) is 5.32 Å². The van der Waals surface area contributed by atoms with E-state index >= 15 is 0 Å². The van der Waals surface area contributed by atoms with Gasteiger partial charge in [0.15, 0.2) is 6.61 Å². The van der Waals surface area contributed by atoms with Gasteiger partial charge < -0.3 is 14.5 Å². The molecule has 0 saturated heterocycles. The molecule has 0 bridgehead atoms. The van der Waals surface area contributed by atoms with Gasteiger partial charge in [0, 0.05) is 6.08 Å². The lowest BCUT2D eigenvalue weighted by atomic mass is 10.4. The van der Waals surface area contributed by atoms with Gasteiger partial charge in [-0.1, -0.05) is 18.2 Å². The fourth-order valence-electron chi connectivity index (χ4n) is 1.22. The highest BCUT2D eigenvalue weighted by Gasteiger charge is 2.09. The maximum Gasteiger partial charge on any atom is 0.331 e. The van der Waals surface area contributed by atoms with Gasteiger partial charge >= 0.3 is 12.0 Å². The van der Waals surface area contributed by atoms with Crippen LogP contribution in [-0.2, 0) is 20.9 Å². The number of hydrogen-bond acceptors (Lipinski definition) is 5. The van der Waals surface area contributed by atoms with Crippen LogP contribution in [0.2, 0.25) is 0 Å². The lowest BCUT2D eigenvalue weighted by Gasteiger charge is -2.05. The molecule has 0 aromatic carbocycles. The Hall–Kier alpha value is -2.83. The van der Waals surface area contributed by atoms with Gasteiger partial charge in [-0.2, -0.15) is 0 Å². The van der Waals surface area contributed by atoms with E-state index in [-0.39, 0.29) is 6.54 Å². The van der Waals surface area contributed by atoms with Crippen molar-refractivity contribution in [2.45, 2.75) is 13.5 Å².